The number of pyridine rings is 1. The van der Waals surface area contributed by atoms with Gasteiger partial charge in [-0.3, -0.25) is 4.98 Å². The summed E-state index contributed by atoms with van der Waals surface area (Å²) in [5.41, 5.74) is 1.20. The third kappa shape index (κ3) is 1.46. The van der Waals surface area contributed by atoms with E-state index in [0.717, 1.165) is 6.42 Å². The van der Waals surface area contributed by atoms with E-state index in [2.05, 4.69) is 22.5 Å². The van der Waals surface area contributed by atoms with E-state index in [1.165, 1.54) is 5.69 Å². The normalized spacial score (nSPS) is 22.4. The van der Waals surface area contributed by atoms with E-state index in [1.54, 1.807) is 0 Å². The number of thioether (sulfide) groups is 1. The summed E-state index contributed by atoms with van der Waals surface area (Å²) in [4.78, 5) is 4.30. The Morgan fingerprint density at radius 3 is 3.09 bits per heavy atom. The SMILES string of the molecule is C1=CSC(c2ccccn2)C1. The molecule has 56 valence electrons. The van der Waals surface area contributed by atoms with E-state index in [-0.39, 0.29) is 0 Å². The highest BCUT2D eigenvalue weighted by Crippen LogP contribution is 2.36. The highest BCUT2D eigenvalue weighted by molar-refractivity contribution is 8.02. The summed E-state index contributed by atoms with van der Waals surface area (Å²) in [5, 5.41) is 2.72. The minimum atomic E-state index is 0.566. The van der Waals surface area contributed by atoms with Gasteiger partial charge in [-0.25, -0.2) is 0 Å². The largest absolute Gasteiger partial charge is 0.260 e. The predicted molar refractivity (Wildman–Crippen MR) is 48.3 cm³/mol. The van der Waals surface area contributed by atoms with Gasteiger partial charge in [0.25, 0.3) is 0 Å². The van der Waals surface area contributed by atoms with Crippen molar-refractivity contribution in [2.24, 2.45) is 0 Å². The van der Waals surface area contributed by atoms with Crippen LogP contribution in [-0.2, 0) is 0 Å². The minimum Gasteiger partial charge on any atom is -0.260 e. The van der Waals surface area contributed by atoms with Gasteiger partial charge in [0, 0.05) is 6.20 Å². The van der Waals surface area contributed by atoms with Crippen LogP contribution in [0.3, 0.4) is 0 Å². The van der Waals surface area contributed by atoms with Crippen LogP contribution in [0.1, 0.15) is 17.4 Å². The number of rotatable bonds is 1. The molecule has 1 atom stereocenters. The Labute approximate surface area is 70.5 Å². The molecule has 1 unspecified atom stereocenters. The number of aromatic nitrogens is 1. The van der Waals surface area contributed by atoms with E-state index in [0.29, 0.717) is 5.25 Å². The van der Waals surface area contributed by atoms with Gasteiger partial charge in [0.15, 0.2) is 0 Å². The number of hydrogen-bond acceptors (Lipinski definition) is 2. The lowest BCUT2D eigenvalue weighted by Crippen LogP contribution is -1.90. The Morgan fingerprint density at radius 1 is 1.45 bits per heavy atom. The third-order valence-corrected chi connectivity index (χ3v) is 2.82. The summed E-state index contributed by atoms with van der Waals surface area (Å²) < 4.78 is 0. The van der Waals surface area contributed by atoms with E-state index in [9.17, 15) is 0 Å². The summed E-state index contributed by atoms with van der Waals surface area (Å²) in [7, 11) is 0. The molecular weight excluding hydrogens is 154 g/mol. The molecule has 1 aromatic heterocycles. The van der Waals surface area contributed by atoms with Crippen LogP contribution in [0.5, 0.6) is 0 Å². The van der Waals surface area contributed by atoms with Gasteiger partial charge in [0.1, 0.15) is 0 Å². The van der Waals surface area contributed by atoms with Crippen LogP contribution in [0, 0.1) is 0 Å². The monoisotopic (exact) mass is 163 g/mol. The maximum Gasteiger partial charge on any atom is 0.0546 e. The fraction of sp³-hybridized carbons (Fsp3) is 0.222. The summed E-state index contributed by atoms with van der Waals surface area (Å²) in [6.07, 6.45) is 5.18. The van der Waals surface area contributed by atoms with Gasteiger partial charge in [-0.15, -0.1) is 11.8 Å². The maximum atomic E-state index is 4.30. The molecule has 0 fully saturated rings. The molecule has 1 aliphatic heterocycles. The molecule has 0 amide bonds. The fourth-order valence-electron chi connectivity index (χ4n) is 1.14. The van der Waals surface area contributed by atoms with Crippen LogP contribution in [0.2, 0.25) is 0 Å². The topological polar surface area (TPSA) is 12.9 Å². The van der Waals surface area contributed by atoms with Crippen molar-refractivity contribution in [1.29, 1.82) is 0 Å². The van der Waals surface area contributed by atoms with Crippen molar-refractivity contribution in [1.82, 2.24) is 4.98 Å². The molecular formula is C9H9NS. The lowest BCUT2D eigenvalue weighted by Gasteiger charge is -2.05. The van der Waals surface area contributed by atoms with Gasteiger partial charge in [-0.2, -0.15) is 0 Å². The zero-order chi connectivity index (χ0) is 7.52. The Morgan fingerprint density at radius 2 is 2.45 bits per heavy atom. The van der Waals surface area contributed by atoms with Gasteiger partial charge in [-0.1, -0.05) is 12.1 Å². The molecule has 0 spiro atoms. The lowest BCUT2D eigenvalue weighted by atomic mass is 10.2. The molecule has 0 saturated carbocycles. The number of hydrogen-bond donors (Lipinski definition) is 0. The minimum absolute atomic E-state index is 0.566. The van der Waals surface area contributed by atoms with Crippen LogP contribution in [0.4, 0.5) is 0 Å². The summed E-state index contributed by atoms with van der Waals surface area (Å²) in [6.45, 7) is 0. The summed E-state index contributed by atoms with van der Waals surface area (Å²) in [5.74, 6) is 0. The van der Waals surface area contributed by atoms with Crippen LogP contribution < -0.4 is 0 Å². The molecule has 0 N–H and O–H groups in total. The smallest absolute Gasteiger partial charge is 0.0546 e. The molecule has 1 aliphatic rings. The molecule has 2 rings (SSSR count). The first-order valence-electron chi connectivity index (χ1n) is 3.68. The van der Waals surface area contributed by atoms with Crippen molar-refractivity contribution in [2.45, 2.75) is 11.7 Å². The lowest BCUT2D eigenvalue weighted by molar-refractivity contribution is 0.933. The van der Waals surface area contributed by atoms with Crippen LogP contribution in [0.15, 0.2) is 35.9 Å². The molecule has 0 saturated heterocycles. The standard InChI is InChI=1S/C9H9NS/c1-2-6-10-8(4-1)9-5-3-7-11-9/h1-4,6-7,9H,5H2. The highest BCUT2D eigenvalue weighted by Gasteiger charge is 2.13. The van der Waals surface area contributed by atoms with Crippen LogP contribution in [-0.4, -0.2) is 4.98 Å². The van der Waals surface area contributed by atoms with E-state index in [4.69, 9.17) is 0 Å². The quantitative estimate of drug-likeness (QED) is 0.631. The number of allylic oxidation sites excluding steroid dienone is 1. The van der Waals surface area contributed by atoms with Crippen molar-refractivity contribution < 1.29 is 0 Å². The first-order valence-corrected chi connectivity index (χ1v) is 4.62. The molecule has 0 bridgehead atoms. The van der Waals surface area contributed by atoms with Crippen LogP contribution >= 0.6 is 11.8 Å². The molecule has 2 heteroatoms. The Hall–Kier alpha value is -0.760. The van der Waals surface area contributed by atoms with Crippen molar-refractivity contribution >= 4 is 11.8 Å². The molecule has 0 aliphatic carbocycles. The Kier molecular flexibility index (Phi) is 1.95. The van der Waals surface area contributed by atoms with E-state index < -0.39 is 0 Å². The summed E-state index contributed by atoms with van der Waals surface area (Å²) in [6, 6.07) is 6.09. The Bertz CT molecular complexity index is 248. The first kappa shape index (κ1) is 6.92. The fourth-order valence-corrected chi connectivity index (χ4v) is 2.05. The number of nitrogens with zero attached hydrogens (tertiary/aromatic N) is 1. The predicted octanol–water partition coefficient (Wildman–Crippen LogP) is 2.77. The zero-order valence-electron chi connectivity index (χ0n) is 6.10. The average molecular weight is 163 g/mol. The highest BCUT2D eigenvalue weighted by atomic mass is 32.2. The molecule has 1 nitrogen and oxygen atoms in total. The van der Waals surface area contributed by atoms with E-state index >= 15 is 0 Å². The molecule has 11 heavy (non-hydrogen) atoms. The second kappa shape index (κ2) is 3.09. The van der Waals surface area contributed by atoms with Gasteiger partial charge in [0.05, 0.1) is 10.9 Å². The van der Waals surface area contributed by atoms with Crippen molar-refractivity contribution in [3.63, 3.8) is 0 Å². The van der Waals surface area contributed by atoms with Gasteiger partial charge in [0.2, 0.25) is 0 Å². The van der Waals surface area contributed by atoms with Crippen molar-refractivity contribution in [3.05, 3.63) is 41.6 Å². The van der Waals surface area contributed by atoms with Gasteiger partial charge < -0.3 is 0 Å². The molecule has 0 aromatic carbocycles. The van der Waals surface area contributed by atoms with Gasteiger partial charge in [-0.05, 0) is 24.0 Å². The van der Waals surface area contributed by atoms with E-state index in [1.807, 2.05) is 30.1 Å². The van der Waals surface area contributed by atoms with Crippen molar-refractivity contribution in [3.8, 4) is 0 Å². The first-order chi connectivity index (χ1) is 5.47. The second-order valence-electron chi connectivity index (χ2n) is 2.49. The summed E-state index contributed by atoms with van der Waals surface area (Å²) >= 11 is 1.85. The molecule has 1 aromatic rings. The Balaban J connectivity index is 2.17. The third-order valence-electron chi connectivity index (χ3n) is 1.71. The molecule has 0 radical (unpaired) electrons. The van der Waals surface area contributed by atoms with Crippen LogP contribution in [0.25, 0.3) is 0 Å². The zero-order valence-corrected chi connectivity index (χ0v) is 6.92. The van der Waals surface area contributed by atoms with Crippen molar-refractivity contribution in [2.75, 3.05) is 0 Å². The second-order valence-corrected chi connectivity index (χ2v) is 3.60. The maximum absolute atomic E-state index is 4.30. The average Bonchev–Trinajstić information content (AvgIpc) is 2.58. The van der Waals surface area contributed by atoms with Gasteiger partial charge >= 0.3 is 0 Å². The molecule has 2 heterocycles.